The van der Waals surface area contributed by atoms with Gasteiger partial charge in [0.05, 0.1) is 31.9 Å². The molecular formula is C22H28N2O4. The van der Waals surface area contributed by atoms with Gasteiger partial charge in [-0.2, -0.15) is 0 Å². The second-order valence-electron chi connectivity index (χ2n) is 8.00. The number of carbonyl (C=O) groups excluding carboxylic acids is 2. The van der Waals surface area contributed by atoms with Crippen LogP contribution in [0.5, 0.6) is 0 Å². The lowest BCUT2D eigenvalue weighted by molar-refractivity contribution is -0.137. The van der Waals surface area contributed by atoms with E-state index in [0.717, 1.165) is 43.4 Å². The van der Waals surface area contributed by atoms with Gasteiger partial charge in [-0.3, -0.25) is 4.90 Å². The van der Waals surface area contributed by atoms with Gasteiger partial charge in [0.2, 0.25) is 0 Å². The molecule has 1 saturated carbocycles. The maximum absolute atomic E-state index is 12.8. The van der Waals surface area contributed by atoms with Crippen LogP contribution in [0.4, 0.5) is 4.79 Å². The van der Waals surface area contributed by atoms with E-state index >= 15 is 0 Å². The fraction of sp³-hybridized carbons (Fsp3) is 0.545. The summed E-state index contributed by atoms with van der Waals surface area (Å²) >= 11 is 0. The Morgan fingerprint density at radius 1 is 1.18 bits per heavy atom. The van der Waals surface area contributed by atoms with Gasteiger partial charge in [0, 0.05) is 17.7 Å². The van der Waals surface area contributed by atoms with E-state index < -0.39 is 6.04 Å². The Labute approximate surface area is 165 Å². The van der Waals surface area contributed by atoms with Crippen molar-refractivity contribution in [3.63, 3.8) is 0 Å². The van der Waals surface area contributed by atoms with Crippen molar-refractivity contribution in [3.8, 4) is 0 Å². The van der Waals surface area contributed by atoms with Gasteiger partial charge < -0.3 is 14.8 Å². The van der Waals surface area contributed by atoms with Crippen molar-refractivity contribution in [2.75, 3.05) is 20.3 Å². The molecular weight excluding hydrogens is 356 g/mol. The van der Waals surface area contributed by atoms with E-state index in [0.29, 0.717) is 18.7 Å². The van der Waals surface area contributed by atoms with Crippen LogP contribution >= 0.6 is 0 Å². The Bertz CT molecular complexity index is 768. The zero-order valence-electron chi connectivity index (χ0n) is 16.4. The standard InChI is InChI=1S/C22H28N2O4/c1-27-20(25)18-17(15-28-14-16-8-4-2-5-9-16)23-21(26)24-13-12-22(19(18)24)10-6-3-7-11-22/h2,4-5,8-9,17H,3,6-7,10-15H2,1H3,(H,23,26). The van der Waals surface area contributed by atoms with Gasteiger partial charge >= 0.3 is 12.0 Å². The van der Waals surface area contributed by atoms with Crippen molar-refractivity contribution in [2.45, 2.75) is 51.2 Å². The first-order valence-corrected chi connectivity index (χ1v) is 10.2. The van der Waals surface area contributed by atoms with E-state index in [2.05, 4.69) is 5.32 Å². The smallest absolute Gasteiger partial charge is 0.337 e. The highest BCUT2D eigenvalue weighted by atomic mass is 16.5. The Balaban J connectivity index is 1.62. The van der Waals surface area contributed by atoms with Gasteiger partial charge in [-0.1, -0.05) is 49.6 Å². The lowest BCUT2D eigenvalue weighted by Crippen LogP contribution is -2.54. The molecule has 0 aromatic heterocycles. The van der Waals surface area contributed by atoms with Gasteiger partial charge in [0.1, 0.15) is 0 Å². The number of carbonyl (C=O) groups is 2. The van der Waals surface area contributed by atoms with E-state index in [4.69, 9.17) is 9.47 Å². The maximum atomic E-state index is 12.8. The third-order valence-electron chi connectivity index (χ3n) is 6.34. The highest BCUT2D eigenvalue weighted by molar-refractivity contribution is 5.95. The number of ether oxygens (including phenoxy) is 2. The average molecular weight is 384 g/mol. The zero-order valence-corrected chi connectivity index (χ0v) is 16.4. The van der Waals surface area contributed by atoms with E-state index in [1.54, 1.807) is 4.90 Å². The molecule has 150 valence electrons. The molecule has 0 bridgehead atoms. The van der Waals surface area contributed by atoms with Gasteiger partial charge in [-0.25, -0.2) is 9.59 Å². The fourth-order valence-corrected chi connectivity index (χ4v) is 5.00. The summed E-state index contributed by atoms with van der Waals surface area (Å²) in [6, 6.07) is 9.27. The second-order valence-corrected chi connectivity index (χ2v) is 8.00. The van der Waals surface area contributed by atoms with Crippen molar-refractivity contribution < 1.29 is 19.1 Å². The molecule has 1 unspecified atom stereocenters. The molecule has 6 heteroatoms. The van der Waals surface area contributed by atoms with Crippen molar-refractivity contribution in [1.29, 1.82) is 0 Å². The summed E-state index contributed by atoms with van der Waals surface area (Å²) in [5, 5.41) is 2.96. The monoisotopic (exact) mass is 384 g/mol. The third-order valence-corrected chi connectivity index (χ3v) is 6.34. The lowest BCUT2D eigenvalue weighted by Gasteiger charge is -2.41. The molecule has 2 heterocycles. The summed E-state index contributed by atoms with van der Waals surface area (Å²) in [4.78, 5) is 27.3. The second kappa shape index (κ2) is 7.95. The molecule has 6 nitrogen and oxygen atoms in total. The van der Waals surface area contributed by atoms with Crippen molar-refractivity contribution in [2.24, 2.45) is 5.41 Å². The number of hydrogen-bond donors (Lipinski definition) is 1. The maximum Gasteiger partial charge on any atom is 0.337 e. The quantitative estimate of drug-likeness (QED) is 0.791. The number of hydrogen-bond acceptors (Lipinski definition) is 4. The number of allylic oxidation sites excluding steroid dienone is 1. The molecule has 3 aliphatic rings. The molecule has 2 amide bonds. The van der Waals surface area contributed by atoms with Crippen molar-refractivity contribution in [3.05, 3.63) is 47.2 Å². The lowest BCUT2D eigenvalue weighted by atomic mass is 9.69. The Morgan fingerprint density at radius 2 is 1.93 bits per heavy atom. The molecule has 1 aliphatic carbocycles. The van der Waals surface area contributed by atoms with E-state index in [1.807, 2.05) is 30.3 Å². The number of benzene rings is 1. The number of rotatable bonds is 5. The molecule has 1 saturated heterocycles. The van der Waals surface area contributed by atoms with Crippen molar-refractivity contribution >= 4 is 12.0 Å². The molecule has 0 radical (unpaired) electrons. The number of methoxy groups -OCH3 is 1. The average Bonchev–Trinajstić information content (AvgIpc) is 3.08. The molecule has 1 spiro atoms. The summed E-state index contributed by atoms with van der Waals surface area (Å²) in [6.45, 7) is 1.35. The molecule has 4 rings (SSSR count). The SMILES string of the molecule is COC(=O)C1=C2N(CCC23CCCCC3)C(=O)NC1COCc1ccccc1. The van der Waals surface area contributed by atoms with E-state index in [-0.39, 0.29) is 24.0 Å². The van der Waals surface area contributed by atoms with Gasteiger partial charge in [-0.15, -0.1) is 0 Å². The van der Waals surface area contributed by atoms with E-state index in [1.165, 1.54) is 13.5 Å². The minimum atomic E-state index is -0.480. The molecule has 1 N–H and O–H groups in total. The summed E-state index contributed by atoms with van der Waals surface area (Å²) in [5.74, 6) is -0.361. The Hall–Kier alpha value is -2.34. The van der Waals surface area contributed by atoms with Crippen LogP contribution < -0.4 is 5.32 Å². The first-order chi connectivity index (χ1) is 13.6. The van der Waals surface area contributed by atoms with E-state index in [9.17, 15) is 9.59 Å². The van der Waals surface area contributed by atoms with Crippen molar-refractivity contribution in [1.82, 2.24) is 10.2 Å². The van der Waals surface area contributed by atoms with Crippen LogP contribution in [-0.2, 0) is 20.9 Å². The van der Waals surface area contributed by atoms with Gasteiger partial charge in [0.25, 0.3) is 0 Å². The number of fused-ring (bicyclic) bond motifs is 2. The van der Waals surface area contributed by atoms with Crippen LogP contribution in [0, 0.1) is 5.41 Å². The molecule has 1 atom stereocenters. The predicted molar refractivity (Wildman–Crippen MR) is 104 cm³/mol. The molecule has 1 aromatic carbocycles. The first-order valence-electron chi connectivity index (χ1n) is 10.2. The topological polar surface area (TPSA) is 67.9 Å². The zero-order chi connectivity index (χ0) is 19.6. The van der Waals surface area contributed by atoms with Crippen LogP contribution in [0.3, 0.4) is 0 Å². The van der Waals surface area contributed by atoms with Gasteiger partial charge in [0.15, 0.2) is 0 Å². The summed E-state index contributed by atoms with van der Waals surface area (Å²) < 4.78 is 11.0. The van der Waals surface area contributed by atoms with Crippen LogP contribution in [-0.4, -0.2) is 43.2 Å². The highest BCUT2D eigenvalue weighted by Gasteiger charge is 2.51. The number of nitrogens with one attached hydrogen (secondary N) is 1. The largest absolute Gasteiger partial charge is 0.466 e. The highest BCUT2D eigenvalue weighted by Crippen LogP contribution is 2.53. The minimum absolute atomic E-state index is 0.0722. The summed E-state index contributed by atoms with van der Waals surface area (Å²) in [6.07, 6.45) is 6.49. The number of amides is 2. The minimum Gasteiger partial charge on any atom is -0.466 e. The Morgan fingerprint density at radius 3 is 2.64 bits per heavy atom. The van der Waals surface area contributed by atoms with Crippen LogP contribution in [0.2, 0.25) is 0 Å². The van der Waals surface area contributed by atoms with Crippen LogP contribution in [0.1, 0.15) is 44.1 Å². The summed E-state index contributed by atoms with van der Waals surface area (Å²) in [5.41, 5.74) is 2.46. The molecule has 2 aliphatic heterocycles. The van der Waals surface area contributed by atoms with Gasteiger partial charge in [-0.05, 0) is 24.8 Å². The normalized spacial score (nSPS) is 23.5. The fourth-order valence-electron chi connectivity index (χ4n) is 5.00. The molecule has 2 fully saturated rings. The number of urea groups is 1. The molecule has 1 aromatic rings. The molecule has 28 heavy (non-hydrogen) atoms. The predicted octanol–water partition coefficient (Wildman–Crippen LogP) is 3.38. The van der Waals surface area contributed by atoms with Crippen LogP contribution in [0.15, 0.2) is 41.6 Å². The first kappa shape index (κ1) is 19.0. The number of nitrogens with zero attached hydrogens (tertiary/aromatic N) is 1. The third kappa shape index (κ3) is 3.41. The number of esters is 1. The van der Waals surface area contributed by atoms with Crippen LogP contribution in [0.25, 0.3) is 0 Å². The summed E-state index contributed by atoms with van der Waals surface area (Å²) in [7, 11) is 1.40. The Kier molecular flexibility index (Phi) is 5.40.